The van der Waals surface area contributed by atoms with Gasteiger partial charge in [0.25, 0.3) is 0 Å². The molecule has 0 saturated carbocycles. The van der Waals surface area contributed by atoms with Gasteiger partial charge in [-0.15, -0.1) is 0 Å². The molecule has 0 aliphatic carbocycles. The van der Waals surface area contributed by atoms with E-state index >= 15 is 0 Å². The molecule has 2 aromatic rings. The molecule has 7 heteroatoms. The van der Waals surface area contributed by atoms with E-state index in [0.29, 0.717) is 12.2 Å². The Balaban J connectivity index is 0.00000408. The number of anilines is 1. The topological polar surface area (TPSA) is 81.7 Å². The molecule has 1 amide bonds. The summed E-state index contributed by atoms with van der Waals surface area (Å²) in [5, 5.41) is 14.6. The van der Waals surface area contributed by atoms with Gasteiger partial charge in [-0.05, 0) is 74.4 Å². The molecule has 0 bridgehead atoms. The number of aromatic carboxylic acids is 1. The van der Waals surface area contributed by atoms with E-state index in [0.717, 1.165) is 25.9 Å². The molecule has 6 nitrogen and oxygen atoms in total. The van der Waals surface area contributed by atoms with E-state index in [-0.39, 0.29) is 59.2 Å². The first kappa shape index (κ1) is 28.2. The first-order valence-corrected chi connectivity index (χ1v) is 12.0. The Labute approximate surface area is 225 Å². The van der Waals surface area contributed by atoms with Gasteiger partial charge in [0.2, 0.25) is 5.91 Å². The van der Waals surface area contributed by atoms with Crippen molar-refractivity contribution in [3.8, 4) is 5.75 Å². The van der Waals surface area contributed by atoms with Gasteiger partial charge in [-0.3, -0.25) is 4.79 Å². The molecule has 178 valence electrons. The van der Waals surface area contributed by atoms with Crippen molar-refractivity contribution in [3.05, 3.63) is 58.7 Å². The number of carbonyl (C=O) groups excluding carboxylic acids is 2. The molecule has 1 fully saturated rings. The van der Waals surface area contributed by atoms with Crippen LogP contribution in [0.1, 0.15) is 79.0 Å². The third-order valence-electron chi connectivity index (χ3n) is 6.10. The summed E-state index contributed by atoms with van der Waals surface area (Å²) < 4.78 is 5.45. The summed E-state index contributed by atoms with van der Waals surface area (Å²) in [5.41, 5.74) is 4.31. The summed E-state index contributed by atoms with van der Waals surface area (Å²) in [4.78, 5) is 26.8. The second kappa shape index (κ2) is 13.8. The number of aryl methyl sites for hydroxylation is 1. The second-order valence-electron chi connectivity index (χ2n) is 8.75. The minimum absolute atomic E-state index is 0. The normalized spacial score (nSPS) is 14.1. The van der Waals surface area contributed by atoms with Crippen LogP contribution in [0, 0.1) is 6.92 Å². The van der Waals surface area contributed by atoms with Crippen molar-refractivity contribution in [2.24, 2.45) is 0 Å². The predicted octanol–water partition coefficient (Wildman–Crippen LogP) is 0.952. The Hall–Kier alpha value is -2.02. The van der Waals surface area contributed by atoms with E-state index in [4.69, 9.17) is 4.74 Å². The number of carbonyl (C=O) groups is 2. The quantitative estimate of drug-likeness (QED) is 0.519. The van der Waals surface area contributed by atoms with Crippen LogP contribution in [0.3, 0.4) is 0 Å². The summed E-state index contributed by atoms with van der Waals surface area (Å²) >= 11 is 0. The molecule has 0 radical (unpaired) electrons. The van der Waals surface area contributed by atoms with Crippen LogP contribution in [0.4, 0.5) is 5.69 Å². The standard InChI is InChI=1S/C27H36N2O4.Na/c1-4-9-23(21-12-10-19(3)16-24(21)29-14-7-6-8-15-29)28-26(30)18-20-11-13-22(27(31)32)25(17-20)33-5-2;/h10-13,16-17,23H,4-9,14-15,18H2,1-3H3,(H,28,30)(H,31,32);/q;+1/p-1. The number of ether oxygens (including phenoxy) is 1. The summed E-state index contributed by atoms with van der Waals surface area (Å²) in [6.45, 7) is 8.46. The molecular formula is C27H35N2NaO4. The van der Waals surface area contributed by atoms with Crippen molar-refractivity contribution in [3.63, 3.8) is 0 Å². The van der Waals surface area contributed by atoms with Crippen molar-refractivity contribution in [2.75, 3.05) is 24.6 Å². The first-order chi connectivity index (χ1) is 15.9. The van der Waals surface area contributed by atoms with Crippen molar-refractivity contribution in [1.29, 1.82) is 0 Å². The van der Waals surface area contributed by atoms with Crippen LogP contribution < -0.4 is 49.6 Å². The Kier molecular flexibility index (Phi) is 11.4. The number of nitrogens with one attached hydrogen (secondary N) is 1. The van der Waals surface area contributed by atoms with E-state index in [1.165, 1.54) is 42.1 Å². The number of carboxylic acid groups (broad SMARTS) is 1. The molecule has 3 rings (SSSR count). The fraction of sp³-hybridized carbons (Fsp3) is 0.481. The second-order valence-corrected chi connectivity index (χ2v) is 8.75. The van der Waals surface area contributed by atoms with E-state index in [2.05, 4.69) is 42.3 Å². The number of piperidine rings is 1. The third kappa shape index (κ3) is 7.49. The summed E-state index contributed by atoms with van der Waals surface area (Å²) in [7, 11) is 0. The maximum atomic E-state index is 13.0. The number of nitrogens with zero attached hydrogens (tertiary/aromatic N) is 1. The first-order valence-electron chi connectivity index (χ1n) is 12.0. The zero-order chi connectivity index (χ0) is 23.8. The average Bonchev–Trinajstić information content (AvgIpc) is 2.79. The predicted molar refractivity (Wildman–Crippen MR) is 129 cm³/mol. The van der Waals surface area contributed by atoms with Crippen LogP contribution in [0.25, 0.3) is 0 Å². The van der Waals surface area contributed by atoms with Crippen molar-refractivity contribution >= 4 is 17.6 Å². The minimum atomic E-state index is -1.29. The van der Waals surface area contributed by atoms with E-state index in [1.807, 2.05) is 0 Å². The largest absolute Gasteiger partial charge is 1.00 e. The molecule has 2 aromatic carbocycles. The molecule has 1 heterocycles. The Morgan fingerprint density at radius 3 is 2.47 bits per heavy atom. The summed E-state index contributed by atoms with van der Waals surface area (Å²) in [6.07, 6.45) is 5.62. The molecule has 1 unspecified atom stereocenters. The number of amides is 1. The maximum absolute atomic E-state index is 13.0. The molecular weight excluding hydrogens is 439 g/mol. The molecule has 1 aliphatic heterocycles. The van der Waals surface area contributed by atoms with Gasteiger partial charge in [-0.25, -0.2) is 0 Å². The molecule has 1 N–H and O–H groups in total. The van der Waals surface area contributed by atoms with E-state index in [9.17, 15) is 14.7 Å². The zero-order valence-corrected chi connectivity index (χ0v) is 23.0. The number of carboxylic acids is 1. The number of rotatable bonds is 10. The minimum Gasteiger partial charge on any atom is -0.545 e. The number of hydrogen-bond donors (Lipinski definition) is 1. The van der Waals surface area contributed by atoms with Crippen molar-refractivity contribution in [2.45, 2.75) is 65.3 Å². The van der Waals surface area contributed by atoms with Crippen LogP contribution in [0.2, 0.25) is 0 Å². The van der Waals surface area contributed by atoms with Gasteiger partial charge in [-0.1, -0.05) is 31.5 Å². The van der Waals surface area contributed by atoms with Gasteiger partial charge >= 0.3 is 29.6 Å². The van der Waals surface area contributed by atoms with Gasteiger partial charge in [-0.2, -0.15) is 0 Å². The van der Waals surface area contributed by atoms with Gasteiger partial charge in [0.1, 0.15) is 5.75 Å². The fourth-order valence-corrected chi connectivity index (χ4v) is 4.50. The number of benzene rings is 2. The number of hydrogen-bond acceptors (Lipinski definition) is 5. The van der Waals surface area contributed by atoms with Crippen LogP contribution in [0.5, 0.6) is 5.75 Å². The van der Waals surface area contributed by atoms with E-state index in [1.54, 1.807) is 19.1 Å². The Morgan fingerprint density at radius 2 is 1.82 bits per heavy atom. The monoisotopic (exact) mass is 474 g/mol. The Morgan fingerprint density at radius 1 is 1.09 bits per heavy atom. The van der Waals surface area contributed by atoms with Gasteiger partial charge in [0, 0.05) is 24.3 Å². The molecule has 0 spiro atoms. The van der Waals surface area contributed by atoms with Crippen molar-refractivity contribution in [1.82, 2.24) is 5.32 Å². The molecule has 1 saturated heterocycles. The van der Waals surface area contributed by atoms with E-state index < -0.39 is 5.97 Å². The van der Waals surface area contributed by atoms with Crippen LogP contribution in [-0.4, -0.2) is 31.6 Å². The summed E-state index contributed by atoms with van der Waals surface area (Å²) in [6, 6.07) is 11.1. The van der Waals surface area contributed by atoms with Gasteiger partial charge in [0.05, 0.1) is 25.0 Å². The SMILES string of the molecule is CCCC(NC(=O)Cc1ccc(C(=O)[O-])c(OCC)c1)c1ccc(C)cc1N1CCCCC1.[Na+]. The van der Waals surface area contributed by atoms with Crippen molar-refractivity contribution < 1.29 is 49.0 Å². The third-order valence-corrected chi connectivity index (χ3v) is 6.10. The van der Waals surface area contributed by atoms with Crippen LogP contribution in [0.15, 0.2) is 36.4 Å². The molecule has 1 aliphatic rings. The molecule has 0 aromatic heterocycles. The van der Waals surface area contributed by atoms with Crippen LogP contribution in [-0.2, 0) is 11.2 Å². The summed E-state index contributed by atoms with van der Waals surface area (Å²) in [5.74, 6) is -1.15. The molecule has 1 atom stereocenters. The Bertz CT molecular complexity index is 973. The fourth-order valence-electron chi connectivity index (χ4n) is 4.50. The van der Waals surface area contributed by atoms with Gasteiger partial charge < -0.3 is 24.9 Å². The van der Waals surface area contributed by atoms with Crippen LogP contribution >= 0.6 is 0 Å². The molecule has 34 heavy (non-hydrogen) atoms. The average molecular weight is 475 g/mol. The zero-order valence-electron chi connectivity index (χ0n) is 21.0. The smallest absolute Gasteiger partial charge is 0.545 e. The van der Waals surface area contributed by atoms with Gasteiger partial charge in [0.15, 0.2) is 0 Å². The maximum Gasteiger partial charge on any atom is 1.00 e.